The molecule has 0 radical (unpaired) electrons. The molecule has 2 amide bonds. The van der Waals surface area contributed by atoms with Gasteiger partial charge in [0.25, 0.3) is 0 Å². The first-order chi connectivity index (χ1) is 14.2. The molecular weight excluding hydrogens is 364 g/mol. The van der Waals surface area contributed by atoms with E-state index in [1.165, 1.54) is 0 Å². The fraction of sp³-hybridized carbons (Fsp3) is 0.304. The van der Waals surface area contributed by atoms with Gasteiger partial charge in [-0.2, -0.15) is 0 Å². The highest BCUT2D eigenvalue weighted by molar-refractivity contribution is 5.74. The van der Waals surface area contributed by atoms with Gasteiger partial charge in [-0.05, 0) is 36.6 Å². The predicted molar refractivity (Wildman–Crippen MR) is 114 cm³/mol. The maximum atomic E-state index is 12.4. The number of carbonyl (C=O) groups is 1. The van der Waals surface area contributed by atoms with Crippen LogP contribution in [-0.2, 0) is 19.7 Å². The molecule has 0 unspecified atom stereocenters. The van der Waals surface area contributed by atoms with Crippen molar-refractivity contribution in [2.24, 2.45) is 0 Å². The Hall–Kier alpha value is -3.28. The lowest BCUT2D eigenvalue weighted by molar-refractivity contribution is 0.194. The van der Waals surface area contributed by atoms with Gasteiger partial charge in [0, 0.05) is 38.6 Å². The highest BCUT2D eigenvalue weighted by Crippen LogP contribution is 2.16. The van der Waals surface area contributed by atoms with Gasteiger partial charge in [0.1, 0.15) is 12.4 Å². The Labute approximate surface area is 172 Å². The summed E-state index contributed by atoms with van der Waals surface area (Å²) in [5.41, 5.74) is 2.21. The van der Waals surface area contributed by atoms with Gasteiger partial charge in [0.2, 0.25) is 0 Å². The number of hydrogen-bond donors (Lipinski definition) is 1. The number of amides is 2. The Balaban J connectivity index is 1.53. The second-order valence-electron chi connectivity index (χ2n) is 6.83. The predicted octanol–water partition coefficient (Wildman–Crippen LogP) is 4.08. The number of rotatable bonds is 10. The van der Waals surface area contributed by atoms with Crippen LogP contribution in [0.15, 0.2) is 73.3 Å². The monoisotopic (exact) mass is 392 g/mol. The number of imidazole rings is 1. The number of nitrogens with zero attached hydrogens (tertiary/aromatic N) is 3. The second-order valence-corrected chi connectivity index (χ2v) is 6.83. The Morgan fingerprint density at radius 3 is 2.59 bits per heavy atom. The molecule has 1 heterocycles. The maximum absolute atomic E-state index is 12.4. The third-order valence-electron chi connectivity index (χ3n) is 4.56. The molecule has 0 spiro atoms. The summed E-state index contributed by atoms with van der Waals surface area (Å²) in [6.45, 7) is 5.16. The van der Waals surface area contributed by atoms with Crippen molar-refractivity contribution in [1.29, 1.82) is 0 Å². The third kappa shape index (κ3) is 6.68. The Morgan fingerprint density at radius 1 is 1.10 bits per heavy atom. The number of aromatic nitrogens is 2. The van der Waals surface area contributed by atoms with Gasteiger partial charge in [0.15, 0.2) is 0 Å². The molecule has 0 saturated heterocycles. The molecule has 0 bridgehead atoms. The van der Waals surface area contributed by atoms with Crippen LogP contribution in [0, 0.1) is 0 Å². The Kier molecular flexibility index (Phi) is 7.69. The summed E-state index contributed by atoms with van der Waals surface area (Å²) in [5, 5.41) is 2.90. The molecule has 2 aromatic carbocycles. The largest absolute Gasteiger partial charge is 0.489 e. The summed E-state index contributed by atoms with van der Waals surface area (Å²) < 4.78 is 7.87. The van der Waals surface area contributed by atoms with E-state index >= 15 is 0 Å². The molecule has 3 aromatic rings. The molecule has 1 N–H and O–H groups in total. The highest BCUT2D eigenvalue weighted by Gasteiger charge is 2.13. The molecule has 6 nitrogen and oxygen atoms in total. The normalized spacial score (nSPS) is 10.5. The van der Waals surface area contributed by atoms with Crippen LogP contribution < -0.4 is 10.1 Å². The van der Waals surface area contributed by atoms with Crippen LogP contribution in [0.25, 0.3) is 0 Å². The maximum Gasteiger partial charge on any atom is 0.317 e. The van der Waals surface area contributed by atoms with Crippen molar-refractivity contribution in [3.05, 3.63) is 84.4 Å². The summed E-state index contributed by atoms with van der Waals surface area (Å²) in [6.07, 6.45) is 6.37. The van der Waals surface area contributed by atoms with Crippen LogP contribution in [0.5, 0.6) is 5.75 Å². The van der Waals surface area contributed by atoms with E-state index in [9.17, 15) is 4.79 Å². The van der Waals surface area contributed by atoms with Gasteiger partial charge in [-0.25, -0.2) is 9.78 Å². The average Bonchev–Trinajstić information content (AvgIpc) is 3.27. The van der Waals surface area contributed by atoms with Crippen LogP contribution in [0.1, 0.15) is 24.5 Å². The number of aryl methyl sites for hydroxylation is 1. The number of benzene rings is 2. The van der Waals surface area contributed by atoms with E-state index in [0.717, 1.165) is 29.8 Å². The molecule has 0 aliphatic heterocycles. The highest BCUT2D eigenvalue weighted by atomic mass is 16.5. The second kappa shape index (κ2) is 10.9. The van der Waals surface area contributed by atoms with Crippen molar-refractivity contribution >= 4 is 6.03 Å². The molecule has 0 aliphatic rings. The molecule has 0 atom stereocenters. The first kappa shape index (κ1) is 20.5. The molecule has 0 saturated carbocycles. The number of nitrogens with one attached hydrogen (secondary N) is 1. The lowest BCUT2D eigenvalue weighted by Crippen LogP contribution is -2.40. The van der Waals surface area contributed by atoms with Gasteiger partial charge in [-0.3, -0.25) is 0 Å². The van der Waals surface area contributed by atoms with E-state index in [1.54, 1.807) is 12.5 Å². The first-order valence-corrected chi connectivity index (χ1v) is 9.99. The van der Waals surface area contributed by atoms with Crippen LogP contribution in [0.4, 0.5) is 4.79 Å². The fourth-order valence-corrected chi connectivity index (χ4v) is 3.03. The van der Waals surface area contributed by atoms with Crippen molar-refractivity contribution in [1.82, 2.24) is 19.8 Å². The summed E-state index contributed by atoms with van der Waals surface area (Å²) in [7, 11) is 0. The summed E-state index contributed by atoms with van der Waals surface area (Å²) in [5.74, 6) is 0.822. The van der Waals surface area contributed by atoms with Crippen molar-refractivity contribution in [3.8, 4) is 5.75 Å². The van der Waals surface area contributed by atoms with E-state index in [2.05, 4.69) is 10.3 Å². The van der Waals surface area contributed by atoms with E-state index in [4.69, 9.17) is 4.74 Å². The zero-order valence-corrected chi connectivity index (χ0v) is 16.8. The standard InChI is InChI=1S/C23H28N4O2/c1-2-25-23(28)27(15-6-14-26-16-13-24-19-26)17-20-9-11-22(12-10-20)29-18-21-7-4-3-5-8-21/h3-5,7-13,16,19H,2,6,14-15,17-18H2,1H3,(H,25,28). The van der Waals surface area contributed by atoms with Crippen molar-refractivity contribution in [2.75, 3.05) is 13.1 Å². The van der Waals surface area contributed by atoms with Gasteiger partial charge < -0.3 is 19.5 Å². The SMILES string of the molecule is CCNC(=O)N(CCCn1ccnc1)Cc1ccc(OCc2ccccc2)cc1. The smallest absolute Gasteiger partial charge is 0.317 e. The Bertz CT molecular complexity index is 848. The first-order valence-electron chi connectivity index (χ1n) is 9.99. The van der Waals surface area contributed by atoms with Crippen LogP contribution in [0.3, 0.4) is 0 Å². The van der Waals surface area contributed by atoms with E-state index in [0.29, 0.717) is 26.2 Å². The van der Waals surface area contributed by atoms with Gasteiger partial charge in [0.05, 0.1) is 6.33 Å². The average molecular weight is 393 g/mol. The molecule has 6 heteroatoms. The lowest BCUT2D eigenvalue weighted by Gasteiger charge is -2.23. The Morgan fingerprint density at radius 2 is 1.90 bits per heavy atom. The molecule has 152 valence electrons. The zero-order valence-electron chi connectivity index (χ0n) is 16.8. The minimum Gasteiger partial charge on any atom is -0.489 e. The molecule has 0 fully saturated rings. The van der Waals surface area contributed by atoms with E-state index in [1.807, 2.05) is 77.2 Å². The number of hydrogen-bond acceptors (Lipinski definition) is 3. The minimum atomic E-state index is -0.0393. The van der Waals surface area contributed by atoms with E-state index in [-0.39, 0.29) is 6.03 Å². The van der Waals surface area contributed by atoms with Crippen LogP contribution in [0.2, 0.25) is 0 Å². The zero-order chi connectivity index (χ0) is 20.3. The van der Waals surface area contributed by atoms with Crippen molar-refractivity contribution in [3.63, 3.8) is 0 Å². The van der Waals surface area contributed by atoms with Crippen molar-refractivity contribution in [2.45, 2.75) is 33.0 Å². The molecule has 3 rings (SSSR count). The van der Waals surface area contributed by atoms with Gasteiger partial charge in [-0.1, -0.05) is 42.5 Å². The summed E-state index contributed by atoms with van der Waals surface area (Å²) in [4.78, 5) is 18.3. The molecular formula is C23H28N4O2. The number of carbonyl (C=O) groups excluding carboxylic acids is 1. The minimum absolute atomic E-state index is 0.0393. The summed E-state index contributed by atoms with van der Waals surface area (Å²) in [6, 6.07) is 18.0. The van der Waals surface area contributed by atoms with Crippen LogP contribution in [-0.4, -0.2) is 33.6 Å². The van der Waals surface area contributed by atoms with Gasteiger partial charge >= 0.3 is 6.03 Å². The van der Waals surface area contributed by atoms with E-state index < -0.39 is 0 Å². The molecule has 1 aromatic heterocycles. The van der Waals surface area contributed by atoms with Crippen molar-refractivity contribution < 1.29 is 9.53 Å². The van der Waals surface area contributed by atoms with Gasteiger partial charge in [-0.15, -0.1) is 0 Å². The summed E-state index contributed by atoms with van der Waals surface area (Å²) >= 11 is 0. The fourth-order valence-electron chi connectivity index (χ4n) is 3.03. The molecule has 0 aliphatic carbocycles. The third-order valence-corrected chi connectivity index (χ3v) is 4.56. The molecule has 29 heavy (non-hydrogen) atoms. The lowest BCUT2D eigenvalue weighted by atomic mass is 10.2. The number of urea groups is 1. The quantitative estimate of drug-likeness (QED) is 0.565. The topological polar surface area (TPSA) is 59.4 Å². The van der Waals surface area contributed by atoms with Crippen LogP contribution >= 0.6 is 0 Å². The number of ether oxygens (including phenoxy) is 1.